The van der Waals surface area contributed by atoms with Gasteiger partial charge in [-0.15, -0.1) is 0 Å². The van der Waals surface area contributed by atoms with Gasteiger partial charge in [-0.3, -0.25) is 14.9 Å². The standard InChI is InChI=1S/C15H22N4O3/c16-12-3-1-2-4-14(12)18-15(20)13(17)9-10-5-7-11(8-6-10)19(21)22/h5-8,12-14H,1-4,9,16-17H2,(H,18,20)/t12?,13-,14?/m1/s1. The van der Waals surface area contributed by atoms with Crippen LogP contribution in [0.1, 0.15) is 31.2 Å². The van der Waals surface area contributed by atoms with Crippen molar-refractivity contribution in [1.82, 2.24) is 5.32 Å². The lowest BCUT2D eigenvalue weighted by atomic mass is 9.90. The van der Waals surface area contributed by atoms with Gasteiger partial charge in [0.1, 0.15) is 0 Å². The molecule has 1 aliphatic carbocycles. The molecule has 22 heavy (non-hydrogen) atoms. The number of benzene rings is 1. The van der Waals surface area contributed by atoms with E-state index in [9.17, 15) is 14.9 Å². The number of amides is 1. The Balaban J connectivity index is 1.89. The zero-order valence-corrected chi connectivity index (χ0v) is 12.4. The van der Waals surface area contributed by atoms with Gasteiger partial charge in [0.15, 0.2) is 0 Å². The number of rotatable bonds is 5. The molecule has 1 saturated carbocycles. The third-order valence-electron chi connectivity index (χ3n) is 4.09. The minimum absolute atomic E-state index is 0.00993. The minimum atomic E-state index is -0.685. The lowest BCUT2D eigenvalue weighted by Crippen LogP contribution is -2.53. The third kappa shape index (κ3) is 4.25. The molecule has 0 radical (unpaired) electrons. The summed E-state index contributed by atoms with van der Waals surface area (Å²) in [4.78, 5) is 22.3. The molecule has 1 aromatic carbocycles. The van der Waals surface area contributed by atoms with Crippen molar-refractivity contribution < 1.29 is 9.72 Å². The highest BCUT2D eigenvalue weighted by atomic mass is 16.6. The molecule has 1 aromatic rings. The predicted molar refractivity (Wildman–Crippen MR) is 83.1 cm³/mol. The monoisotopic (exact) mass is 306 g/mol. The van der Waals surface area contributed by atoms with Gasteiger partial charge in [0.25, 0.3) is 5.69 Å². The van der Waals surface area contributed by atoms with Crippen molar-refractivity contribution in [2.75, 3.05) is 0 Å². The first-order valence-corrected chi connectivity index (χ1v) is 7.52. The molecule has 0 spiro atoms. The Hall–Kier alpha value is -1.99. The number of hydrogen-bond acceptors (Lipinski definition) is 5. The van der Waals surface area contributed by atoms with Gasteiger partial charge < -0.3 is 16.8 Å². The number of carbonyl (C=O) groups is 1. The molecule has 1 aliphatic rings. The van der Waals surface area contributed by atoms with Gasteiger partial charge in [-0.25, -0.2) is 0 Å². The predicted octanol–water partition coefficient (Wildman–Crippen LogP) is 0.851. The Labute approximate surface area is 129 Å². The molecule has 0 bridgehead atoms. The Kier molecular flexibility index (Phi) is 5.46. The Morgan fingerprint density at radius 3 is 2.55 bits per heavy atom. The fourth-order valence-electron chi connectivity index (χ4n) is 2.73. The lowest BCUT2D eigenvalue weighted by molar-refractivity contribution is -0.384. The molecule has 1 fully saturated rings. The van der Waals surface area contributed by atoms with Crippen LogP contribution in [0.2, 0.25) is 0 Å². The Bertz CT molecular complexity index is 532. The number of nitrogens with zero attached hydrogens (tertiary/aromatic N) is 1. The first kappa shape index (κ1) is 16.4. The first-order chi connectivity index (χ1) is 10.5. The van der Waals surface area contributed by atoms with Crippen molar-refractivity contribution in [2.24, 2.45) is 11.5 Å². The van der Waals surface area contributed by atoms with Crippen molar-refractivity contribution in [1.29, 1.82) is 0 Å². The highest BCUT2D eigenvalue weighted by molar-refractivity contribution is 5.82. The van der Waals surface area contributed by atoms with E-state index in [-0.39, 0.29) is 23.7 Å². The van der Waals surface area contributed by atoms with E-state index in [1.54, 1.807) is 12.1 Å². The van der Waals surface area contributed by atoms with E-state index in [1.807, 2.05) is 0 Å². The molecule has 0 saturated heterocycles. The fraction of sp³-hybridized carbons (Fsp3) is 0.533. The van der Waals surface area contributed by atoms with Crippen LogP contribution in [0, 0.1) is 10.1 Å². The van der Waals surface area contributed by atoms with E-state index in [0.29, 0.717) is 6.42 Å². The molecular weight excluding hydrogens is 284 g/mol. The van der Waals surface area contributed by atoms with Crippen LogP contribution in [0.15, 0.2) is 24.3 Å². The number of carbonyl (C=O) groups excluding carboxylic acids is 1. The Morgan fingerprint density at radius 2 is 1.95 bits per heavy atom. The molecule has 7 heteroatoms. The van der Waals surface area contributed by atoms with Gasteiger partial charge in [-0.2, -0.15) is 0 Å². The van der Waals surface area contributed by atoms with Crippen molar-refractivity contribution in [3.05, 3.63) is 39.9 Å². The molecule has 3 atom stereocenters. The summed E-state index contributed by atoms with van der Waals surface area (Å²) in [5, 5.41) is 13.5. The van der Waals surface area contributed by atoms with E-state index in [0.717, 1.165) is 31.2 Å². The maximum atomic E-state index is 12.1. The van der Waals surface area contributed by atoms with Crippen LogP contribution in [0.4, 0.5) is 5.69 Å². The maximum absolute atomic E-state index is 12.1. The zero-order chi connectivity index (χ0) is 16.1. The summed E-state index contributed by atoms with van der Waals surface area (Å²) < 4.78 is 0. The highest BCUT2D eigenvalue weighted by Crippen LogP contribution is 2.17. The Morgan fingerprint density at radius 1 is 1.32 bits per heavy atom. The molecule has 2 rings (SSSR count). The second kappa shape index (κ2) is 7.33. The smallest absolute Gasteiger partial charge is 0.269 e. The zero-order valence-electron chi connectivity index (χ0n) is 12.4. The van der Waals surface area contributed by atoms with E-state index < -0.39 is 11.0 Å². The van der Waals surface area contributed by atoms with E-state index in [4.69, 9.17) is 11.5 Å². The average Bonchev–Trinajstić information content (AvgIpc) is 2.50. The van der Waals surface area contributed by atoms with Crippen molar-refractivity contribution >= 4 is 11.6 Å². The third-order valence-corrected chi connectivity index (χ3v) is 4.09. The lowest BCUT2D eigenvalue weighted by Gasteiger charge is -2.30. The molecule has 5 N–H and O–H groups in total. The van der Waals surface area contributed by atoms with Crippen molar-refractivity contribution in [3.8, 4) is 0 Å². The summed E-state index contributed by atoms with van der Waals surface area (Å²) >= 11 is 0. The molecule has 120 valence electrons. The number of nitro groups is 1. The van der Waals surface area contributed by atoms with Gasteiger partial charge in [-0.05, 0) is 24.8 Å². The SMILES string of the molecule is NC1CCCCC1NC(=O)[C@H](N)Cc1ccc([N+](=O)[O-])cc1. The quantitative estimate of drug-likeness (QED) is 0.549. The van der Waals surface area contributed by atoms with Crippen molar-refractivity contribution in [2.45, 2.75) is 50.2 Å². The van der Waals surface area contributed by atoms with Crippen LogP contribution in [-0.4, -0.2) is 29.0 Å². The normalized spacial score (nSPS) is 22.8. The maximum Gasteiger partial charge on any atom is 0.269 e. The fourth-order valence-corrected chi connectivity index (χ4v) is 2.73. The summed E-state index contributed by atoms with van der Waals surface area (Å²) in [6, 6.07) is 5.37. The summed E-state index contributed by atoms with van der Waals surface area (Å²) in [6.07, 6.45) is 4.31. The summed E-state index contributed by atoms with van der Waals surface area (Å²) in [6.45, 7) is 0. The number of nitrogens with one attached hydrogen (secondary N) is 1. The second-order valence-corrected chi connectivity index (χ2v) is 5.80. The van der Waals surface area contributed by atoms with E-state index >= 15 is 0 Å². The first-order valence-electron chi connectivity index (χ1n) is 7.52. The van der Waals surface area contributed by atoms with E-state index in [2.05, 4.69) is 5.32 Å². The number of non-ortho nitro benzene ring substituents is 1. The molecule has 0 aliphatic heterocycles. The average molecular weight is 306 g/mol. The van der Waals surface area contributed by atoms with Crippen LogP contribution in [0.5, 0.6) is 0 Å². The molecule has 2 unspecified atom stereocenters. The van der Waals surface area contributed by atoms with E-state index in [1.165, 1.54) is 12.1 Å². The molecule has 0 heterocycles. The minimum Gasteiger partial charge on any atom is -0.350 e. The second-order valence-electron chi connectivity index (χ2n) is 5.80. The van der Waals surface area contributed by atoms with Crippen LogP contribution >= 0.6 is 0 Å². The molecule has 1 amide bonds. The number of hydrogen-bond donors (Lipinski definition) is 3. The van der Waals surface area contributed by atoms with Crippen molar-refractivity contribution in [3.63, 3.8) is 0 Å². The highest BCUT2D eigenvalue weighted by Gasteiger charge is 2.25. The van der Waals surface area contributed by atoms with Crippen LogP contribution in [-0.2, 0) is 11.2 Å². The largest absolute Gasteiger partial charge is 0.350 e. The van der Waals surface area contributed by atoms with Gasteiger partial charge in [0, 0.05) is 24.2 Å². The van der Waals surface area contributed by atoms with Gasteiger partial charge >= 0.3 is 0 Å². The summed E-state index contributed by atoms with van der Waals surface area (Å²) in [7, 11) is 0. The summed E-state index contributed by atoms with van der Waals surface area (Å²) in [5.41, 5.74) is 12.7. The van der Waals surface area contributed by atoms with Gasteiger partial charge in [0.2, 0.25) is 5.91 Å². The number of nitro benzene ring substituents is 1. The van der Waals surface area contributed by atoms with Crippen LogP contribution < -0.4 is 16.8 Å². The summed E-state index contributed by atoms with van der Waals surface area (Å²) in [5.74, 6) is -0.222. The molecule has 0 aromatic heterocycles. The van der Waals surface area contributed by atoms with Gasteiger partial charge in [-0.1, -0.05) is 25.0 Å². The number of nitrogens with two attached hydrogens (primary N) is 2. The van der Waals surface area contributed by atoms with Crippen LogP contribution in [0.3, 0.4) is 0 Å². The van der Waals surface area contributed by atoms with Crippen LogP contribution in [0.25, 0.3) is 0 Å². The molecule has 7 nitrogen and oxygen atoms in total. The van der Waals surface area contributed by atoms with Gasteiger partial charge in [0.05, 0.1) is 11.0 Å². The topological polar surface area (TPSA) is 124 Å². The molecular formula is C15H22N4O3.